The third-order valence-electron chi connectivity index (χ3n) is 3.03. The van der Waals surface area contributed by atoms with E-state index in [1.54, 1.807) is 4.90 Å². The van der Waals surface area contributed by atoms with Crippen LogP contribution in [-0.2, 0) is 4.74 Å². The van der Waals surface area contributed by atoms with Gasteiger partial charge in [0.15, 0.2) is 0 Å². The number of hydrogen-bond acceptors (Lipinski definition) is 3. The number of carbonyl (C=O) groups excluding carboxylic acids is 1. The molecule has 0 aromatic carbocycles. The Labute approximate surface area is 116 Å². The van der Waals surface area contributed by atoms with Crippen molar-refractivity contribution in [2.45, 2.75) is 64.9 Å². The molecule has 0 bridgehead atoms. The van der Waals surface area contributed by atoms with Crippen LogP contribution in [0.15, 0.2) is 11.8 Å². The molecule has 0 aliphatic carbocycles. The Hall–Kier alpha value is -1.03. The average molecular weight is 269 g/mol. The number of aliphatic hydroxyl groups excluding tert-OH is 1. The van der Waals surface area contributed by atoms with E-state index in [0.29, 0.717) is 0 Å². The van der Waals surface area contributed by atoms with E-state index < -0.39 is 5.60 Å². The number of amides is 1. The van der Waals surface area contributed by atoms with Gasteiger partial charge in [-0.05, 0) is 46.5 Å². The van der Waals surface area contributed by atoms with Crippen LogP contribution in [0, 0.1) is 0 Å². The minimum atomic E-state index is -0.439. The van der Waals surface area contributed by atoms with Crippen LogP contribution in [-0.4, -0.2) is 34.9 Å². The van der Waals surface area contributed by atoms with Crippen molar-refractivity contribution in [3.63, 3.8) is 0 Å². The van der Waals surface area contributed by atoms with E-state index >= 15 is 0 Å². The summed E-state index contributed by atoms with van der Waals surface area (Å²) < 4.78 is 5.41. The molecule has 0 radical (unpaired) electrons. The lowest BCUT2D eigenvalue weighted by atomic mass is 10.1. The predicted molar refractivity (Wildman–Crippen MR) is 75.8 cm³/mol. The first-order valence-corrected chi connectivity index (χ1v) is 7.24. The van der Waals surface area contributed by atoms with Crippen LogP contribution in [0.3, 0.4) is 0 Å². The second-order valence-corrected chi connectivity index (χ2v) is 6.00. The first kappa shape index (κ1) is 16.0. The van der Waals surface area contributed by atoms with E-state index in [1.807, 2.05) is 20.8 Å². The Morgan fingerprint density at radius 3 is 2.63 bits per heavy atom. The van der Waals surface area contributed by atoms with Gasteiger partial charge in [0, 0.05) is 18.8 Å². The van der Waals surface area contributed by atoms with Gasteiger partial charge in [0.2, 0.25) is 0 Å². The van der Waals surface area contributed by atoms with E-state index in [9.17, 15) is 4.79 Å². The molecule has 0 saturated heterocycles. The fraction of sp³-hybridized carbons (Fsp3) is 0.800. The highest BCUT2D eigenvalue weighted by molar-refractivity contribution is 5.71. The number of allylic oxidation sites excluding steroid dienone is 1. The Morgan fingerprint density at radius 2 is 2.00 bits per heavy atom. The van der Waals surface area contributed by atoms with Crippen LogP contribution in [0.4, 0.5) is 4.79 Å². The molecule has 4 heteroatoms. The summed E-state index contributed by atoms with van der Waals surface area (Å²) in [6.45, 7) is 6.67. The largest absolute Gasteiger partial charge is 0.443 e. The first-order valence-electron chi connectivity index (χ1n) is 7.24. The number of unbranched alkanes of at least 4 members (excludes halogenated alkanes) is 3. The van der Waals surface area contributed by atoms with Crippen molar-refractivity contribution < 1.29 is 14.6 Å². The zero-order valence-corrected chi connectivity index (χ0v) is 12.4. The van der Waals surface area contributed by atoms with Crippen molar-refractivity contribution in [1.29, 1.82) is 0 Å². The molecule has 1 amide bonds. The molecular weight excluding hydrogens is 242 g/mol. The molecule has 19 heavy (non-hydrogen) atoms. The summed E-state index contributed by atoms with van der Waals surface area (Å²) in [6, 6.07) is 0. The SMILES string of the molecule is CC(C)(C)OC(=O)N1CCC=C1CCCCCCO. The van der Waals surface area contributed by atoms with Gasteiger partial charge >= 0.3 is 6.09 Å². The van der Waals surface area contributed by atoms with Crippen molar-refractivity contribution >= 4 is 6.09 Å². The number of hydrogen-bond donors (Lipinski definition) is 1. The maximum absolute atomic E-state index is 12.0. The highest BCUT2D eigenvalue weighted by Gasteiger charge is 2.26. The zero-order valence-electron chi connectivity index (χ0n) is 12.4. The molecule has 0 aromatic heterocycles. The van der Waals surface area contributed by atoms with Gasteiger partial charge in [-0.25, -0.2) is 4.79 Å². The fourth-order valence-electron chi connectivity index (χ4n) is 2.15. The maximum Gasteiger partial charge on any atom is 0.414 e. The topological polar surface area (TPSA) is 49.8 Å². The molecule has 0 unspecified atom stereocenters. The second kappa shape index (κ2) is 7.53. The highest BCUT2D eigenvalue weighted by Crippen LogP contribution is 2.23. The molecule has 0 fully saturated rings. The molecular formula is C15H27NO3. The van der Waals surface area contributed by atoms with Gasteiger partial charge in [-0.2, -0.15) is 0 Å². The highest BCUT2D eigenvalue weighted by atomic mass is 16.6. The molecule has 4 nitrogen and oxygen atoms in total. The van der Waals surface area contributed by atoms with Gasteiger partial charge in [0.25, 0.3) is 0 Å². The Kier molecular flexibility index (Phi) is 6.35. The quantitative estimate of drug-likeness (QED) is 0.751. The summed E-state index contributed by atoms with van der Waals surface area (Å²) >= 11 is 0. The van der Waals surface area contributed by atoms with E-state index in [4.69, 9.17) is 9.84 Å². The summed E-state index contributed by atoms with van der Waals surface area (Å²) in [5, 5.41) is 8.72. The summed E-state index contributed by atoms with van der Waals surface area (Å²) in [4.78, 5) is 13.8. The van der Waals surface area contributed by atoms with E-state index in [2.05, 4.69) is 6.08 Å². The smallest absolute Gasteiger partial charge is 0.414 e. The third kappa shape index (κ3) is 6.10. The van der Waals surface area contributed by atoms with Crippen molar-refractivity contribution in [2.75, 3.05) is 13.2 Å². The molecule has 0 spiro atoms. The first-order chi connectivity index (χ1) is 8.94. The monoisotopic (exact) mass is 269 g/mol. The fourth-order valence-corrected chi connectivity index (χ4v) is 2.15. The molecule has 0 atom stereocenters. The van der Waals surface area contributed by atoms with Crippen LogP contribution >= 0.6 is 0 Å². The Morgan fingerprint density at radius 1 is 1.32 bits per heavy atom. The molecule has 0 saturated carbocycles. The van der Waals surface area contributed by atoms with Gasteiger partial charge in [-0.15, -0.1) is 0 Å². The van der Waals surface area contributed by atoms with Crippen molar-refractivity contribution in [3.05, 3.63) is 11.8 Å². The minimum Gasteiger partial charge on any atom is -0.443 e. The second-order valence-electron chi connectivity index (χ2n) is 6.00. The zero-order chi connectivity index (χ0) is 14.3. The van der Waals surface area contributed by atoms with Gasteiger partial charge in [0.1, 0.15) is 5.60 Å². The maximum atomic E-state index is 12.0. The number of aliphatic hydroxyl groups is 1. The van der Waals surface area contributed by atoms with E-state index in [0.717, 1.165) is 50.8 Å². The van der Waals surface area contributed by atoms with Crippen molar-refractivity contribution in [1.82, 2.24) is 4.90 Å². The van der Waals surface area contributed by atoms with E-state index in [-0.39, 0.29) is 12.7 Å². The third-order valence-corrected chi connectivity index (χ3v) is 3.03. The normalized spacial score (nSPS) is 15.6. The van der Waals surface area contributed by atoms with Crippen LogP contribution in [0.25, 0.3) is 0 Å². The molecule has 1 heterocycles. The van der Waals surface area contributed by atoms with Gasteiger partial charge in [0.05, 0.1) is 0 Å². The van der Waals surface area contributed by atoms with Crippen LogP contribution in [0.1, 0.15) is 59.3 Å². The molecule has 1 aliphatic heterocycles. The summed E-state index contributed by atoms with van der Waals surface area (Å²) in [6.07, 6.45) is 7.83. The number of rotatable bonds is 6. The molecule has 0 aromatic rings. The Bertz CT molecular complexity index is 318. The van der Waals surface area contributed by atoms with E-state index in [1.165, 1.54) is 0 Å². The summed E-state index contributed by atoms with van der Waals surface area (Å²) in [5.41, 5.74) is 0.657. The number of carbonyl (C=O) groups is 1. The number of nitrogens with zero attached hydrogens (tertiary/aromatic N) is 1. The van der Waals surface area contributed by atoms with Crippen LogP contribution < -0.4 is 0 Å². The molecule has 110 valence electrons. The summed E-state index contributed by atoms with van der Waals surface area (Å²) in [5.74, 6) is 0. The molecule has 1 aliphatic rings. The Balaban J connectivity index is 2.35. The van der Waals surface area contributed by atoms with Crippen molar-refractivity contribution in [2.24, 2.45) is 0 Å². The lowest BCUT2D eigenvalue weighted by Crippen LogP contribution is -2.34. The average Bonchev–Trinajstić information content (AvgIpc) is 2.75. The van der Waals surface area contributed by atoms with Crippen LogP contribution in [0.2, 0.25) is 0 Å². The van der Waals surface area contributed by atoms with Crippen LogP contribution in [0.5, 0.6) is 0 Å². The molecule has 1 rings (SSSR count). The lowest BCUT2D eigenvalue weighted by Gasteiger charge is -2.26. The lowest BCUT2D eigenvalue weighted by molar-refractivity contribution is 0.0324. The standard InChI is InChI=1S/C15H27NO3/c1-15(2,3)19-14(18)16-11-8-10-13(16)9-6-4-5-7-12-17/h10,17H,4-9,11-12H2,1-3H3. The van der Waals surface area contributed by atoms with Gasteiger partial charge < -0.3 is 9.84 Å². The summed E-state index contributed by atoms with van der Waals surface area (Å²) in [7, 11) is 0. The predicted octanol–water partition coefficient (Wildman–Crippen LogP) is 3.45. The van der Waals surface area contributed by atoms with Gasteiger partial charge in [-0.3, -0.25) is 4.90 Å². The van der Waals surface area contributed by atoms with Gasteiger partial charge in [-0.1, -0.05) is 18.9 Å². The molecule has 1 N–H and O–H groups in total. The minimum absolute atomic E-state index is 0.230. The van der Waals surface area contributed by atoms with Crippen molar-refractivity contribution in [3.8, 4) is 0 Å². The number of ether oxygens (including phenoxy) is 1.